The number of H-pyrrole nitrogens is 1. The quantitative estimate of drug-likeness (QED) is 0.636. The summed E-state index contributed by atoms with van der Waals surface area (Å²) in [7, 11) is 0. The van der Waals surface area contributed by atoms with E-state index in [-0.39, 0.29) is 12.5 Å². The topological polar surface area (TPSA) is 65.1 Å². The van der Waals surface area contributed by atoms with Crippen molar-refractivity contribution in [2.24, 2.45) is 0 Å². The van der Waals surface area contributed by atoms with Crippen molar-refractivity contribution in [1.29, 1.82) is 0 Å². The number of halogens is 1. The number of aromatic amines is 1. The zero-order chi connectivity index (χ0) is 16.2. The highest BCUT2D eigenvalue weighted by atomic mass is 35.5. The Bertz CT molecular complexity index is 812. The maximum atomic E-state index is 11.9. The number of aromatic nitrogens is 1. The molecule has 0 spiro atoms. The first-order valence-corrected chi connectivity index (χ1v) is 8.57. The van der Waals surface area contributed by atoms with Gasteiger partial charge in [-0.05, 0) is 47.7 Å². The van der Waals surface area contributed by atoms with Gasteiger partial charge in [0.15, 0.2) is 0 Å². The average molecular weight is 349 g/mol. The lowest BCUT2D eigenvalue weighted by molar-refractivity contribution is -0.121. The number of nitrogens with one attached hydrogen (secondary N) is 2. The molecule has 6 heteroatoms. The summed E-state index contributed by atoms with van der Waals surface area (Å²) in [5.74, 6) is -0.0686. The first-order valence-electron chi connectivity index (χ1n) is 7.38. The van der Waals surface area contributed by atoms with Gasteiger partial charge in [0.1, 0.15) is 6.10 Å². The van der Waals surface area contributed by atoms with Gasteiger partial charge in [0.2, 0.25) is 5.91 Å². The highest BCUT2D eigenvalue weighted by Crippen LogP contribution is 2.26. The third kappa shape index (κ3) is 4.13. The Morgan fingerprint density at radius 1 is 1.30 bits per heavy atom. The van der Waals surface area contributed by atoms with Crippen LogP contribution in [-0.2, 0) is 11.2 Å². The van der Waals surface area contributed by atoms with Gasteiger partial charge in [-0.15, -0.1) is 11.3 Å². The third-order valence-corrected chi connectivity index (χ3v) is 5.01. The van der Waals surface area contributed by atoms with E-state index in [1.807, 2.05) is 24.4 Å². The van der Waals surface area contributed by atoms with Crippen LogP contribution in [0, 0.1) is 0 Å². The molecule has 120 valence electrons. The lowest BCUT2D eigenvalue weighted by Crippen LogP contribution is -2.28. The summed E-state index contributed by atoms with van der Waals surface area (Å²) < 4.78 is 0.630. The maximum Gasteiger partial charge on any atom is 0.220 e. The Balaban J connectivity index is 1.47. The first kappa shape index (κ1) is 16.1. The number of amides is 1. The zero-order valence-electron chi connectivity index (χ0n) is 12.4. The van der Waals surface area contributed by atoms with Crippen LogP contribution < -0.4 is 5.32 Å². The molecule has 0 aliphatic rings. The third-order valence-electron chi connectivity index (χ3n) is 3.67. The Morgan fingerprint density at radius 2 is 2.17 bits per heavy atom. The molecule has 1 atom stereocenters. The summed E-state index contributed by atoms with van der Waals surface area (Å²) in [6, 6.07) is 11.7. The predicted molar refractivity (Wildman–Crippen MR) is 93.9 cm³/mol. The Hall–Kier alpha value is -1.82. The molecule has 1 aromatic carbocycles. The number of carbonyl (C=O) groups is 1. The molecule has 0 saturated heterocycles. The van der Waals surface area contributed by atoms with Crippen molar-refractivity contribution >= 4 is 39.7 Å². The minimum absolute atomic E-state index is 0.0686. The number of hydrogen-bond donors (Lipinski definition) is 3. The van der Waals surface area contributed by atoms with Crippen molar-refractivity contribution in [3.05, 3.63) is 57.4 Å². The molecular formula is C17H17ClN2O2S. The van der Waals surface area contributed by atoms with Gasteiger partial charge in [-0.25, -0.2) is 0 Å². The van der Waals surface area contributed by atoms with Crippen molar-refractivity contribution in [3.63, 3.8) is 0 Å². The zero-order valence-corrected chi connectivity index (χ0v) is 14.0. The van der Waals surface area contributed by atoms with Crippen LogP contribution in [0.1, 0.15) is 23.0 Å². The van der Waals surface area contributed by atoms with E-state index < -0.39 is 6.10 Å². The van der Waals surface area contributed by atoms with Crippen molar-refractivity contribution < 1.29 is 9.90 Å². The van der Waals surface area contributed by atoms with E-state index in [0.29, 0.717) is 17.2 Å². The van der Waals surface area contributed by atoms with E-state index in [1.165, 1.54) is 11.3 Å². The van der Waals surface area contributed by atoms with Gasteiger partial charge in [-0.2, -0.15) is 0 Å². The van der Waals surface area contributed by atoms with Crippen molar-refractivity contribution in [2.75, 3.05) is 6.54 Å². The molecule has 3 N–H and O–H groups in total. The molecular weight excluding hydrogens is 332 g/mol. The normalized spacial score (nSPS) is 12.4. The molecule has 2 heterocycles. The number of fused-ring (bicyclic) bond motifs is 1. The maximum absolute atomic E-state index is 11.9. The Kier molecular flexibility index (Phi) is 5.00. The van der Waals surface area contributed by atoms with E-state index in [9.17, 15) is 9.90 Å². The van der Waals surface area contributed by atoms with Crippen molar-refractivity contribution in [1.82, 2.24) is 10.3 Å². The van der Waals surface area contributed by atoms with Gasteiger partial charge in [-0.3, -0.25) is 4.79 Å². The minimum atomic E-state index is -0.715. The van der Waals surface area contributed by atoms with Gasteiger partial charge in [0.05, 0.1) is 4.34 Å². The fourth-order valence-electron chi connectivity index (χ4n) is 2.42. The van der Waals surface area contributed by atoms with E-state index in [1.54, 1.807) is 12.1 Å². The van der Waals surface area contributed by atoms with Crippen LogP contribution in [0.4, 0.5) is 0 Å². The number of aliphatic hydroxyl groups excluding tert-OH is 1. The van der Waals surface area contributed by atoms with Crippen LogP contribution in [0.25, 0.3) is 10.9 Å². The van der Waals surface area contributed by atoms with Crippen molar-refractivity contribution in [3.8, 4) is 0 Å². The fourth-order valence-corrected chi connectivity index (χ4v) is 3.47. The Labute approximate surface area is 143 Å². The summed E-state index contributed by atoms with van der Waals surface area (Å²) in [6.07, 6.45) is 2.26. The molecule has 2 aromatic heterocycles. The molecule has 1 unspecified atom stereocenters. The van der Waals surface area contributed by atoms with Gasteiger partial charge in [-0.1, -0.05) is 17.7 Å². The summed E-state index contributed by atoms with van der Waals surface area (Å²) in [6.45, 7) is 0.201. The van der Waals surface area contributed by atoms with Crippen LogP contribution in [0.2, 0.25) is 4.34 Å². The molecule has 1 amide bonds. The van der Waals surface area contributed by atoms with E-state index in [0.717, 1.165) is 21.3 Å². The number of rotatable bonds is 6. The smallest absolute Gasteiger partial charge is 0.220 e. The van der Waals surface area contributed by atoms with Gasteiger partial charge in [0, 0.05) is 29.6 Å². The molecule has 0 bridgehead atoms. The average Bonchev–Trinajstić information content (AvgIpc) is 3.18. The summed E-state index contributed by atoms with van der Waals surface area (Å²) >= 11 is 7.16. The lowest BCUT2D eigenvalue weighted by atomic mass is 10.1. The lowest BCUT2D eigenvalue weighted by Gasteiger charge is -2.10. The molecule has 0 aliphatic carbocycles. The van der Waals surface area contributed by atoms with Crippen LogP contribution >= 0.6 is 22.9 Å². The fraction of sp³-hybridized carbons (Fsp3) is 0.235. The standard InChI is InChI=1S/C17H17ClN2O2S/c18-16-5-4-15(23-16)14(21)10-20-17(22)6-2-11-1-3-13-12(9-11)7-8-19-13/h1,3-5,7-9,14,19,21H,2,6,10H2,(H,20,22). The molecule has 3 aromatic rings. The molecule has 3 rings (SSSR count). The first-order chi connectivity index (χ1) is 11.1. The Morgan fingerprint density at radius 3 is 2.96 bits per heavy atom. The summed E-state index contributed by atoms with van der Waals surface area (Å²) in [4.78, 5) is 15.8. The number of aryl methyl sites for hydroxylation is 1. The van der Waals surface area contributed by atoms with Crippen LogP contribution in [0.5, 0.6) is 0 Å². The predicted octanol–water partition coefficient (Wildman–Crippen LogP) is 3.67. The number of hydrogen-bond acceptors (Lipinski definition) is 3. The summed E-state index contributed by atoms with van der Waals surface area (Å²) in [5, 5.41) is 13.9. The van der Waals surface area contributed by atoms with Crippen molar-refractivity contribution in [2.45, 2.75) is 18.9 Å². The van der Waals surface area contributed by atoms with Crippen LogP contribution in [0.3, 0.4) is 0 Å². The minimum Gasteiger partial charge on any atom is -0.386 e. The van der Waals surface area contributed by atoms with Crippen LogP contribution in [0.15, 0.2) is 42.6 Å². The highest BCUT2D eigenvalue weighted by molar-refractivity contribution is 7.16. The SMILES string of the molecule is O=C(CCc1ccc2[nH]ccc2c1)NCC(O)c1ccc(Cl)s1. The number of carbonyl (C=O) groups excluding carboxylic acids is 1. The number of thiophene rings is 1. The highest BCUT2D eigenvalue weighted by Gasteiger charge is 2.12. The van der Waals surface area contributed by atoms with Gasteiger partial charge in [0.25, 0.3) is 0 Å². The van der Waals surface area contributed by atoms with Gasteiger partial charge < -0.3 is 15.4 Å². The van der Waals surface area contributed by atoms with E-state index in [4.69, 9.17) is 11.6 Å². The van der Waals surface area contributed by atoms with Crippen LogP contribution in [-0.4, -0.2) is 22.5 Å². The molecule has 0 fully saturated rings. The van der Waals surface area contributed by atoms with E-state index in [2.05, 4.69) is 16.4 Å². The monoisotopic (exact) mass is 348 g/mol. The van der Waals surface area contributed by atoms with Gasteiger partial charge >= 0.3 is 0 Å². The molecule has 0 aliphatic heterocycles. The largest absolute Gasteiger partial charge is 0.386 e. The summed E-state index contributed by atoms with van der Waals surface area (Å²) in [5.41, 5.74) is 2.22. The number of benzene rings is 1. The second-order valence-corrected chi connectivity index (χ2v) is 7.11. The molecule has 0 saturated carbocycles. The molecule has 0 radical (unpaired) electrons. The second kappa shape index (κ2) is 7.17. The molecule has 23 heavy (non-hydrogen) atoms. The number of aliphatic hydroxyl groups is 1. The second-order valence-electron chi connectivity index (χ2n) is 5.36. The van der Waals surface area contributed by atoms with E-state index >= 15 is 0 Å². The molecule has 4 nitrogen and oxygen atoms in total.